The van der Waals surface area contributed by atoms with E-state index in [0.29, 0.717) is 0 Å². The summed E-state index contributed by atoms with van der Waals surface area (Å²) in [5.41, 5.74) is 3.06. The Labute approximate surface area is 113 Å². The van der Waals surface area contributed by atoms with Crippen LogP contribution in [0, 0.1) is 19.8 Å². The van der Waals surface area contributed by atoms with Crippen molar-refractivity contribution >= 4 is 11.9 Å². The van der Waals surface area contributed by atoms with Crippen molar-refractivity contribution in [1.29, 1.82) is 0 Å². The van der Waals surface area contributed by atoms with Gasteiger partial charge in [-0.15, -0.1) is 0 Å². The number of hydrogen-bond acceptors (Lipinski definition) is 2. The minimum Gasteiger partial charge on any atom is -0.480 e. The van der Waals surface area contributed by atoms with E-state index in [0.717, 1.165) is 16.7 Å². The molecule has 0 bridgehead atoms. The first kappa shape index (κ1) is 15.2. The van der Waals surface area contributed by atoms with E-state index in [1.165, 1.54) is 0 Å². The van der Waals surface area contributed by atoms with Gasteiger partial charge in [-0.1, -0.05) is 32.0 Å². The molecule has 0 heterocycles. The van der Waals surface area contributed by atoms with Gasteiger partial charge in [-0.3, -0.25) is 4.79 Å². The molecule has 1 rings (SSSR count). The van der Waals surface area contributed by atoms with Crippen molar-refractivity contribution < 1.29 is 14.7 Å². The summed E-state index contributed by atoms with van der Waals surface area (Å²) in [6, 6.07) is 5.01. The zero-order valence-electron chi connectivity index (χ0n) is 11.9. The molecular weight excluding hydrogens is 242 g/mol. The summed E-state index contributed by atoms with van der Waals surface area (Å²) in [5, 5.41) is 11.6. The van der Waals surface area contributed by atoms with E-state index < -0.39 is 12.0 Å². The molecule has 0 aliphatic rings. The fourth-order valence-electron chi connectivity index (χ4n) is 2.03. The average molecular weight is 263 g/mol. The topological polar surface area (TPSA) is 66.4 Å². The Hall–Kier alpha value is -1.84. The Kier molecular flexibility index (Phi) is 5.10. The Balaban J connectivity index is 2.78. The van der Waals surface area contributed by atoms with Crippen LogP contribution in [0.25, 0.3) is 0 Å². The number of rotatable bonds is 5. The summed E-state index contributed by atoms with van der Waals surface area (Å²) in [4.78, 5) is 23.0. The molecular formula is C15H21NO3. The van der Waals surface area contributed by atoms with E-state index in [-0.39, 0.29) is 18.2 Å². The van der Waals surface area contributed by atoms with Crippen LogP contribution in [0.15, 0.2) is 18.2 Å². The van der Waals surface area contributed by atoms with Crippen LogP contribution in [0.2, 0.25) is 0 Å². The summed E-state index contributed by atoms with van der Waals surface area (Å²) in [5.74, 6) is -1.39. The SMILES string of the molecule is Cc1cccc(C)c1CC(=O)NC(C(=O)O)C(C)C. The number of carbonyl (C=O) groups is 2. The van der Waals surface area contributed by atoms with Crippen molar-refractivity contribution in [2.24, 2.45) is 5.92 Å². The highest BCUT2D eigenvalue weighted by Crippen LogP contribution is 2.14. The predicted molar refractivity (Wildman–Crippen MR) is 74.0 cm³/mol. The standard InChI is InChI=1S/C15H21NO3/c1-9(2)14(15(18)19)16-13(17)8-12-10(3)6-5-7-11(12)4/h5-7,9,14H,8H2,1-4H3,(H,16,17)(H,18,19). The van der Waals surface area contributed by atoms with Crippen LogP contribution >= 0.6 is 0 Å². The molecule has 0 saturated carbocycles. The van der Waals surface area contributed by atoms with Crippen LogP contribution < -0.4 is 5.32 Å². The number of aliphatic carboxylic acids is 1. The van der Waals surface area contributed by atoms with Gasteiger partial charge in [0.1, 0.15) is 6.04 Å². The molecule has 1 unspecified atom stereocenters. The van der Waals surface area contributed by atoms with Gasteiger partial charge >= 0.3 is 5.97 Å². The Morgan fingerprint density at radius 3 is 2.16 bits per heavy atom. The van der Waals surface area contributed by atoms with Gasteiger partial charge in [0.25, 0.3) is 0 Å². The third-order valence-electron chi connectivity index (χ3n) is 3.23. The van der Waals surface area contributed by atoms with Gasteiger partial charge in [0.05, 0.1) is 6.42 Å². The number of nitrogens with one attached hydrogen (secondary N) is 1. The number of hydrogen-bond donors (Lipinski definition) is 2. The van der Waals surface area contributed by atoms with Crippen molar-refractivity contribution in [3.8, 4) is 0 Å². The second kappa shape index (κ2) is 6.36. The highest BCUT2D eigenvalue weighted by molar-refractivity contribution is 5.85. The van der Waals surface area contributed by atoms with E-state index in [9.17, 15) is 9.59 Å². The molecule has 0 fully saturated rings. The van der Waals surface area contributed by atoms with Crippen LogP contribution in [-0.2, 0) is 16.0 Å². The van der Waals surface area contributed by atoms with Crippen molar-refractivity contribution in [1.82, 2.24) is 5.32 Å². The zero-order valence-corrected chi connectivity index (χ0v) is 11.9. The van der Waals surface area contributed by atoms with E-state index >= 15 is 0 Å². The second-order valence-electron chi connectivity index (χ2n) is 5.17. The Morgan fingerprint density at radius 2 is 1.74 bits per heavy atom. The number of carboxylic acids is 1. The van der Waals surface area contributed by atoms with E-state index in [1.807, 2.05) is 32.0 Å². The van der Waals surface area contributed by atoms with E-state index in [2.05, 4.69) is 5.32 Å². The number of amides is 1. The first-order chi connectivity index (χ1) is 8.82. The van der Waals surface area contributed by atoms with Crippen LogP contribution in [0.4, 0.5) is 0 Å². The van der Waals surface area contributed by atoms with Crippen molar-refractivity contribution in [3.05, 3.63) is 34.9 Å². The molecule has 19 heavy (non-hydrogen) atoms. The van der Waals surface area contributed by atoms with Gasteiger partial charge in [0.2, 0.25) is 5.91 Å². The Bertz CT molecular complexity index is 460. The first-order valence-electron chi connectivity index (χ1n) is 6.40. The van der Waals surface area contributed by atoms with E-state index in [4.69, 9.17) is 5.11 Å². The highest BCUT2D eigenvalue weighted by atomic mass is 16.4. The normalized spacial score (nSPS) is 12.3. The van der Waals surface area contributed by atoms with Gasteiger partial charge in [-0.05, 0) is 36.5 Å². The molecule has 0 aliphatic carbocycles. The highest BCUT2D eigenvalue weighted by Gasteiger charge is 2.23. The van der Waals surface area contributed by atoms with Gasteiger partial charge in [0, 0.05) is 0 Å². The van der Waals surface area contributed by atoms with Crippen LogP contribution in [0.1, 0.15) is 30.5 Å². The number of aryl methyl sites for hydroxylation is 2. The van der Waals surface area contributed by atoms with Crippen LogP contribution in [0.3, 0.4) is 0 Å². The van der Waals surface area contributed by atoms with Crippen LogP contribution in [-0.4, -0.2) is 23.0 Å². The third kappa shape index (κ3) is 4.09. The number of benzene rings is 1. The lowest BCUT2D eigenvalue weighted by atomic mass is 9.99. The minimum absolute atomic E-state index is 0.139. The molecule has 0 spiro atoms. The van der Waals surface area contributed by atoms with E-state index in [1.54, 1.807) is 13.8 Å². The monoisotopic (exact) mass is 263 g/mol. The molecule has 104 valence electrons. The molecule has 4 heteroatoms. The summed E-state index contributed by atoms with van der Waals surface area (Å²) < 4.78 is 0. The molecule has 0 aromatic heterocycles. The lowest BCUT2D eigenvalue weighted by Crippen LogP contribution is -2.45. The molecule has 0 saturated heterocycles. The fraction of sp³-hybridized carbons (Fsp3) is 0.467. The Morgan fingerprint density at radius 1 is 1.21 bits per heavy atom. The number of carbonyl (C=O) groups excluding carboxylic acids is 1. The minimum atomic E-state index is -0.996. The summed E-state index contributed by atoms with van der Waals surface area (Å²) in [7, 11) is 0. The largest absolute Gasteiger partial charge is 0.480 e. The van der Waals surface area contributed by atoms with Gasteiger partial charge in [0.15, 0.2) is 0 Å². The smallest absolute Gasteiger partial charge is 0.326 e. The second-order valence-corrected chi connectivity index (χ2v) is 5.17. The lowest BCUT2D eigenvalue weighted by Gasteiger charge is -2.18. The van der Waals surface area contributed by atoms with Crippen molar-refractivity contribution in [3.63, 3.8) is 0 Å². The van der Waals surface area contributed by atoms with Crippen LogP contribution in [0.5, 0.6) is 0 Å². The van der Waals surface area contributed by atoms with Gasteiger partial charge in [-0.2, -0.15) is 0 Å². The molecule has 2 N–H and O–H groups in total. The average Bonchev–Trinajstić information content (AvgIpc) is 2.30. The maximum Gasteiger partial charge on any atom is 0.326 e. The number of carboxylic acid groups (broad SMARTS) is 1. The summed E-state index contributed by atoms with van der Waals surface area (Å²) in [6.45, 7) is 7.45. The fourth-order valence-corrected chi connectivity index (χ4v) is 2.03. The molecule has 4 nitrogen and oxygen atoms in total. The quantitative estimate of drug-likeness (QED) is 0.854. The van der Waals surface area contributed by atoms with Crippen molar-refractivity contribution in [2.75, 3.05) is 0 Å². The third-order valence-corrected chi connectivity index (χ3v) is 3.23. The van der Waals surface area contributed by atoms with Crippen molar-refractivity contribution in [2.45, 2.75) is 40.2 Å². The molecule has 0 aliphatic heterocycles. The lowest BCUT2D eigenvalue weighted by molar-refractivity contribution is -0.143. The summed E-state index contributed by atoms with van der Waals surface area (Å²) >= 11 is 0. The maximum atomic E-state index is 12.0. The molecule has 1 amide bonds. The molecule has 1 atom stereocenters. The molecule has 0 radical (unpaired) electrons. The predicted octanol–water partition coefficient (Wildman–Crippen LogP) is 2.07. The summed E-state index contributed by atoms with van der Waals surface area (Å²) in [6.07, 6.45) is 0.217. The molecule has 1 aromatic rings. The molecule has 1 aromatic carbocycles. The first-order valence-corrected chi connectivity index (χ1v) is 6.40. The maximum absolute atomic E-state index is 12.0. The zero-order chi connectivity index (χ0) is 14.6. The van der Waals surface area contributed by atoms with Gasteiger partial charge < -0.3 is 10.4 Å². The van der Waals surface area contributed by atoms with Gasteiger partial charge in [-0.25, -0.2) is 4.79 Å².